The molecule has 0 aliphatic heterocycles. The Kier molecular flexibility index (Phi) is 2.23. The van der Waals surface area contributed by atoms with Crippen molar-refractivity contribution in [1.82, 2.24) is 4.98 Å². The van der Waals surface area contributed by atoms with E-state index in [9.17, 15) is 0 Å². The van der Waals surface area contributed by atoms with Gasteiger partial charge in [-0.3, -0.25) is 0 Å². The Labute approximate surface area is 82.7 Å². The molecule has 1 aromatic carbocycles. The second kappa shape index (κ2) is 3.54. The van der Waals surface area contributed by atoms with Gasteiger partial charge in [0.25, 0.3) is 0 Å². The van der Waals surface area contributed by atoms with Gasteiger partial charge in [-0.05, 0) is 24.3 Å². The minimum Gasteiger partial charge on any atom is -0.497 e. The topological polar surface area (TPSA) is 34.1 Å². The van der Waals surface area contributed by atoms with Crippen LogP contribution in [-0.4, -0.2) is 19.1 Å². The van der Waals surface area contributed by atoms with E-state index < -0.39 is 0 Å². The van der Waals surface area contributed by atoms with E-state index in [0.717, 1.165) is 22.5 Å². The van der Waals surface area contributed by atoms with Crippen molar-refractivity contribution >= 4 is 16.7 Å². The van der Waals surface area contributed by atoms with Gasteiger partial charge in [0.1, 0.15) is 11.6 Å². The molecule has 0 amide bonds. The Bertz CT molecular complexity index is 415. The van der Waals surface area contributed by atoms with Gasteiger partial charge in [0.15, 0.2) is 0 Å². The molecule has 0 saturated carbocycles. The maximum absolute atomic E-state index is 5.14. The fourth-order valence-corrected chi connectivity index (χ4v) is 1.36. The van der Waals surface area contributed by atoms with Crippen LogP contribution < -0.4 is 10.1 Å². The van der Waals surface area contributed by atoms with Gasteiger partial charge in [-0.2, -0.15) is 0 Å². The van der Waals surface area contributed by atoms with E-state index in [2.05, 4.69) is 10.3 Å². The molecule has 0 aliphatic rings. The third-order valence-corrected chi connectivity index (χ3v) is 2.16. The Morgan fingerprint density at radius 1 is 1.21 bits per heavy atom. The zero-order valence-corrected chi connectivity index (χ0v) is 8.24. The largest absolute Gasteiger partial charge is 0.497 e. The van der Waals surface area contributed by atoms with Crippen LogP contribution in [0.15, 0.2) is 30.3 Å². The summed E-state index contributed by atoms with van der Waals surface area (Å²) in [5.74, 6) is 1.70. The van der Waals surface area contributed by atoms with E-state index in [1.807, 2.05) is 37.4 Å². The monoisotopic (exact) mass is 188 g/mol. The summed E-state index contributed by atoms with van der Waals surface area (Å²) in [7, 11) is 3.51. The predicted molar refractivity (Wildman–Crippen MR) is 57.8 cm³/mol. The van der Waals surface area contributed by atoms with E-state index in [1.165, 1.54) is 0 Å². The van der Waals surface area contributed by atoms with Crippen molar-refractivity contribution in [1.29, 1.82) is 0 Å². The number of benzene rings is 1. The molecule has 2 aromatic rings. The van der Waals surface area contributed by atoms with Crippen LogP contribution >= 0.6 is 0 Å². The van der Waals surface area contributed by atoms with Crippen LogP contribution in [0, 0.1) is 0 Å². The van der Waals surface area contributed by atoms with Crippen LogP contribution in [0.3, 0.4) is 0 Å². The summed E-state index contributed by atoms with van der Waals surface area (Å²) in [6.45, 7) is 0. The summed E-state index contributed by atoms with van der Waals surface area (Å²) in [4.78, 5) is 4.41. The number of rotatable bonds is 2. The molecule has 1 heterocycles. The molecule has 14 heavy (non-hydrogen) atoms. The molecule has 3 heteroatoms. The Morgan fingerprint density at radius 2 is 2.00 bits per heavy atom. The molecule has 0 radical (unpaired) electrons. The average molecular weight is 188 g/mol. The lowest BCUT2D eigenvalue weighted by Crippen LogP contribution is -1.92. The molecule has 0 fully saturated rings. The zero-order chi connectivity index (χ0) is 9.97. The zero-order valence-electron chi connectivity index (χ0n) is 8.24. The number of anilines is 1. The van der Waals surface area contributed by atoms with Gasteiger partial charge in [-0.1, -0.05) is 0 Å². The minimum absolute atomic E-state index is 0.832. The van der Waals surface area contributed by atoms with E-state index in [4.69, 9.17) is 4.74 Å². The highest BCUT2D eigenvalue weighted by molar-refractivity contribution is 5.81. The van der Waals surface area contributed by atoms with Gasteiger partial charge in [-0.25, -0.2) is 4.98 Å². The first-order valence-corrected chi connectivity index (χ1v) is 4.46. The molecule has 1 aromatic heterocycles. The number of pyridine rings is 1. The van der Waals surface area contributed by atoms with Crippen LogP contribution in [0.4, 0.5) is 5.82 Å². The summed E-state index contributed by atoms with van der Waals surface area (Å²) in [6.07, 6.45) is 0. The first-order valence-electron chi connectivity index (χ1n) is 4.46. The van der Waals surface area contributed by atoms with E-state index in [0.29, 0.717) is 0 Å². The van der Waals surface area contributed by atoms with Gasteiger partial charge in [-0.15, -0.1) is 0 Å². The van der Waals surface area contributed by atoms with Crippen molar-refractivity contribution in [3.8, 4) is 5.75 Å². The number of ether oxygens (including phenoxy) is 1. The second-order valence-electron chi connectivity index (χ2n) is 3.01. The number of fused-ring (bicyclic) bond motifs is 1. The smallest absolute Gasteiger partial charge is 0.126 e. The number of methoxy groups -OCH3 is 1. The van der Waals surface area contributed by atoms with Crippen molar-refractivity contribution in [3.63, 3.8) is 0 Å². The highest BCUT2D eigenvalue weighted by Gasteiger charge is 1.98. The summed E-state index contributed by atoms with van der Waals surface area (Å²) >= 11 is 0. The summed E-state index contributed by atoms with van der Waals surface area (Å²) in [6, 6.07) is 9.85. The first-order chi connectivity index (χ1) is 6.83. The van der Waals surface area contributed by atoms with Gasteiger partial charge in [0.05, 0.1) is 12.6 Å². The van der Waals surface area contributed by atoms with E-state index in [-0.39, 0.29) is 0 Å². The normalized spacial score (nSPS) is 10.1. The number of nitrogens with one attached hydrogen (secondary N) is 1. The van der Waals surface area contributed by atoms with Crippen molar-refractivity contribution in [2.75, 3.05) is 19.5 Å². The lowest BCUT2D eigenvalue weighted by atomic mass is 10.2. The number of aromatic nitrogens is 1. The summed E-state index contributed by atoms with van der Waals surface area (Å²) < 4.78 is 5.14. The molecule has 0 aliphatic carbocycles. The lowest BCUT2D eigenvalue weighted by Gasteiger charge is -2.03. The van der Waals surface area contributed by atoms with Gasteiger partial charge < -0.3 is 10.1 Å². The van der Waals surface area contributed by atoms with E-state index in [1.54, 1.807) is 7.11 Å². The van der Waals surface area contributed by atoms with Gasteiger partial charge in [0.2, 0.25) is 0 Å². The Morgan fingerprint density at radius 3 is 2.71 bits per heavy atom. The molecule has 0 atom stereocenters. The molecular formula is C11H12N2O. The fourth-order valence-electron chi connectivity index (χ4n) is 1.36. The maximum atomic E-state index is 5.14. The number of hydrogen-bond donors (Lipinski definition) is 1. The van der Waals surface area contributed by atoms with E-state index >= 15 is 0 Å². The molecule has 3 nitrogen and oxygen atoms in total. The maximum Gasteiger partial charge on any atom is 0.126 e. The van der Waals surface area contributed by atoms with Gasteiger partial charge >= 0.3 is 0 Å². The number of hydrogen-bond acceptors (Lipinski definition) is 3. The van der Waals surface area contributed by atoms with Crippen LogP contribution in [-0.2, 0) is 0 Å². The predicted octanol–water partition coefficient (Wildman–Crippen LogP) is 2.29. The highest BCUT2D eigenvalue weighted by Crippen LogP contribution is 2.20. The molecular weight excluding hydrogens is 176 g/mol. The van der Waals surface area contributed by atoms with Crippen molar-refractivity contribution < 1.29 is 4.74 Å². The fraction of sp³-hybridized carbons (Fsp3) is 0.182. The summed E-state index contributed by atoms with van der Waals surface area (Å²) in [5, 5.41) is 4.12. The molecule has 72 valence electrons. The SMILES string of the molecule is CNc1ccc2ccc(OC)cc2n1. The molecule has 1 N–H and O–H groups in total. The van der Waals surface area contributed by atoms with Crippen LogP contribution in [0.2, 0.25) is 0 Å². The second-order valence-corrected chi connectivity index (χ2v) is 3.01. The third-order valence-electron chi connectivity index (χ3n) is 2.16. The van der Waals surface area contributed by atoms with Crippen molar-refractivity contribution in [2.45, 2.75) is 0 Å². The van der Waals surface area contributed by atoms with Crippen LogP contribution in [0.1, 0.15) is 0 Å². The Balaban J connectivity index is 2.60. The Hall–Kier alpha value is -1.77. The van der Waals surface area contributed by atoms with Crippen molar-refractivity contribution in [2.24, 2.45) is 0 Å². The molecule has 0 saturated heterocycles. The molecule has 0 unspecified atom stereocenters. The van der Waals surface area contributed by atoms with Crippen LogP contribution in [0.5, 0.6) is 5.75 Å². The van der Waals surface area contributed by atoms with Gasteiger partial charge in [0, 0.05) is 18.5 Å². The summed E-state index contributed by atoms with van der Waals surface area (Å²) in [5.41, 5.74) is 0.941. The molecule has 0 spiro atoms. The van der Waals surface area contributed by atoms with Crippen LogP contribution in [0.25, 0.3) is 10.9 Å². The molecule has 0 bridgehead atoms. The quantitative estimate of drug-likeness (QED) is 0.785. The number of nitrogens with zero attached hydrogens (tertiary/aromatic N) is 1. The highest BCUT2D eigenvalue weighted by atomic mass is 16.5. The minimum atomic E-state index is 0.832. The first kappa shape index (κ1) is 8.81. The standard InChI is InChI=1S/C11H12N2O/c1-12-11-6-4-8-3-5-9(14-2)7-10(8)13-11/h3-7H,1-2H3,(H,12,13). The third kappa shape index (κ3) is 1.48. The average Bonchev–Trinajstić information content (AvgIpc) is 2.27. The lowest BCUT2D eigenvalue weighted by molar-refractivity contribution is 0.415. The van der Waals surface area contributed by atoms with Crippen molar-refractivity contribution in [3.05, 3.63) is 30.3 Å². The molecule has 2 rings (SSSR count).